The molecule has 0 bridgehead atoms. The highest BCUT2D eigenvalue weighted by atomic mass is 35.5. The molecular formula is C20H23ClN2. The van der Waals surface area contributed by atoms with Crippen LogP contribution in [0.5, 0.6) is 0 Å². The average Bonchev–Trinajstić information content (AvgIpc) is 2.65. The zero-order valence-electron chi connectivity index (χ0n) is 14.2. The van der Waals surface area contributed by atoms with Crippen LogP contribution >= 0.6 is 11.6 Å². The van der Waals surface area contributed by atoms with Gasteiger partial charge >= 0.3 is 0 Å². The third kappa shape index (κ3) is 3.42. The molecule has 2 nitrogen and oxygen atoms in total. The topological polar surface area (TPSA) is 24.4 Å². The summed E-state index contributed by atoms with van der Waals surface area (Å²) < 4.78 is 0. The number of hydrazone groups is 1. The van der Waals surface area contributed by atoms with E-state index in [1.807, 2.05) is 24.3 Å². The van der Waals surface area contributed by atoms with Gasteiger partial charge in [0.05, 0.1) is 5.71 Å². The van der Waals surface area contributed by atoms with Crippen molar-refractivity contribution in [1.29, 1.82) is 0 Å². The van der Waals surface area contributed by atoms with E-state index in [4.69, 9.17) is 16.7 Å². The van der Waals surface area contributed by atoms with Crippen molar-refractivity contribution < 1.29 is 0 Å². The molecule has 0 amide bonds. The van der Waals surface area contributed by atoms with Crippen LogP contribution in [-0.2, 0) is 11.8 Å². The first-order valence-electron chi connectivity index (χ1n) is 8.07. The first kappa shape index (κ1) is 16.1. The molecule has 1 atom stereocenters. The van der Waals surface area contributed by atoms with E-state index in [2.05, 4.69) is 51.3 Å². The largest absolute Gasteiger partial charge is 0.306 e. The standard InChI is InChI=1S/C20H23ClN2/c1-13-11-15-5-8-16(20(2,3)4)12-18(15)19(23-22-13)14-6-9-17(21)10-7-14/h5-10,12-13,22H,11H2,1-4H3. The zero-order valence-corrected chi connectivity index (χ0v) is 14.9. The van der Waals surface area contributed by atoms with Crippen molar-refractivity contribution in [3.63, 3.8) is 0 Å². The maximum absolute atomic E-state index is 6.04. The fraction of sp³-hybridized carbons (Fsp3) is 0.350. The maximum Gasteiger partial charge on any atom is 0.0976 e. The lowest BCUT2D eigenvalue weighted by Crippen LogP contribution is -2.21. The average molecular weight is 327 g/mol. The quantitative estimate of drug-likeness (QED) is 0.790. The summed E-state index contributed by atoms with van der Waals surface area (Å²) in [7, 11) is 0. The van der Waals surface area contributed by atoms with Crippen molar-refractivity contribution in [1.82, 2.24) is 5.43 Å². The zero-order chi connectivity index (χ0) is 16.6. The molecule has 3 heteroatoms. The Balaban J connectivity index is 2.16. The van der Waals surface area contributed by atoms with Crippen LogP contribution in [0.1, 0.15) is 49.9 Å². The molecule has 120 valence electrons. The third-order valence-electron chi connectivity index (χ3n) is 4.27. The van der Waals surface area contributed by atoms with Crippen molar-refractivity contribution in [2.24, 2.45) is 5.10 Å². The summed E-state index contributed by atoms with van der Waals surface area (Å²) in [6.07, 6.45) is 0.973. The van der Waals surface area contributed by atoms with E-state index >= 15 is 0 Å². The molecule has 1 unspecified atom stereocenters. The molecule has 1 heterocycles. The molecule has 2 aromatic carbocycles. The lowest BCUT2D eigenvalue weighted by molar-refractivity contribution is 0.575. The second-order valence-corrected chi connectivity index (χ2v) is 7.76. The molecule has 0 aliphatic carbocycles. The molecule has 3 rings (SSSR count). The van der Waals surface area contributed by atoms with Gasteiger partial charge < -0.3 is 5.43 Å². The van der Waals surface area contributed by atoms with Gasteiger partial charge in [0.25, 0.3) is 0 Å². The Hall–Kier alpha value is -1.80. The summed E-state index contributed by atoms with van der Waals surface area (Å²) in [4.78, 5) is 0. The van der Waals surface area contributed by atoms with Gasteiger partial charge in [-0.2, -0.15) is 5.10 Å². The van der Waals surface area contributed by atoms with Crippen LogP contribution in [-0.4, -0.2) is 11.8 Å². The van der Waals surface area contributed by atoms with Crippen LogP contribution in [0.15, 0.2) is 47.6 Å². The second-order valence-electron chi connectivity index (χ2n) is 7.32. The first-order chi connectivity index (χ1) is 10.8. The van der Waals surface area contributed by atoms with Gasteiger partial charge in [0.15, 0.2) is 0 Å². The van der Waals surface area contributed by atoms with Gasteiger partial charge in [-0.25, -0.2) is 0 Å². The van der Waals surface area contributed by atoms with Crippen LogP contribution in [0, 0.1) is 0 Å². The number of fused-ring (bicyclic) bond motifs is 1. The summed E-state index contributed by atoms with van der Waals surface area (Å²) in [6, 6.07) is 15.0. The molecule has 0 aromatic heterocycles. The minimum Gasteiger partial charge on any atom is -0.306 e. The van der Waals surface area contributed by atoms with Gasteiger partial charge in [-0.15, -0.1) is 0 Å². The summed E-state index contributed by atoms with van der Waals surface area (Å²) in [5.74, 6) is 0. The smallest absolute Gasteiger partial charge is 0.0976 e. The van der Waals surface area contributed by atoms with E-state index in [1.54, 1.807) is 0 Å². The highest BCUT2D eigenvalue weighted by molar-refractivity contribution is 6.30. The predicted molar refractivity (Wildman–Crippen MR) is 98.5 cm³/mol. The van der Waals surface area contributed by atoms with Crippen molar-refractivity contribution in [3.8, 4) is 0 Å². The molecule has 23 heavy (non-hydrogen) atoms. The number of hydrogen-bond acceptors (Lipinski definition) is 2. The summed E-state index contributed by atoms with van der Waals surface area (Å²) in [5.41, 5.74) is 9.35. The van der Waals surface area contributed by atoms with E-state index < -0.39 is 0 Å². The molecule has 0 saturated heterocycles. The lowest BCUT2D eigenvalue weighted by atomic mass is 9.83. The molecule has 0 spiro atoms. The normalized spacial score (nSPS) is 17.8. The van der Waals surface area contributed by atoms with Gasteiger partial charge in [0, 0.05) is 22.2 Å². The molecular weight excluding hydrogens is 304 g/mol. The summed E-state index contributed by atoms with van der Waals surface area (Å²) in [5, 5.41) is 5.44. The van der Waals surface area contributed by atoms with Crippen molar-refractivity contribution >= 4 is 17.3 Å². The van der Waals surface area contributed by atoms with Gasteiger partial charge in [0.2, 0.25) is 0 Å². The molecule has 1 aliphatic heterocycles. The van der Waals surface area contributed by atoms with E-state index in [0.29, 0.717) is 6.04 Å². The van der Waals surface area contributed by atoms with E-state index in [9.17, 15) is 0 Å². The van der Waals surface area contributed by atoms with E-state index in [1.165, 1.54) is 16.7 Å². The maximum atomic E-state index is 6.04. The first-order valence-corrected chi connectivity index (χ1v) is 8.45. The van der Waals surface area contributed by atoms with Gasteiger partial charge in [0.1, 0.15) is 0 Å². The highest BCUT2D eigenvalue weighted by Crippen LogP contribution is 2.28. The number of halogens is 1. The fourth-order valence-corrected chi connectivity index (χ4v) is 3.01. The third-order valence-corrected chi connectivity index (χ3v) is 4.52. The van der Waals surface area contributed by atoms with E-state index in [0.717, 1.165) is 22.7 Å². The minimum absolute atomic E-state index is 0.117. The summed E-state index contributed by atoms with van der Waals surface area (Å²) >= 11 is 6.04. The Labute approximate surface area is 143 Å². The SMILES string of the molecule is CC1Cc2ccc(C(C)(C)C)cc2C(c2ccc(Cl)cc2)=NN1. The predicted octanol–water partition coefficient (Wildman–Crippen LogP) is 4.92. The van der Waals surface area contributed by atoms with Crippen LogP contribution in [0.3, 0.4) is 0 Å². The molecule has 1 N–H and O–H groups in total. The number of rotatable bonds is 1. The minimum atomic E-state index is 0.117. The number of nitrogens with one attached hydrogen (secondary N) is 1. The molecule has 1 aliphatic rings. The number of hydrogen-bond donors (Lipinski definition) is 1. The lowest BCUT2D eigenvalue weighted by Gasteiger charge is -2.21. The van der Waals surface area contributed by atoms with Gasteiger partial charge in [-0.1, -0.05) is 56.6 Å². The molecule has 0 fully saturated rings. The van der Waals surface area contributed by atoms with Crippen LogP contribution < -0.4 is 5.43 Å². The Bertz CT molecular complexity index is 739. The Morgan fingerprint density at radius 2 is 1.78 bits per heavy atom. The van der Waals surface area contributed by atoms with Crippen LogP contribution in [0.2, 0.25) is 5.02 Å². The molecule has 0 saturated carbocycles. The van der Waals surface area contributed by atoms with E-state index in [-0.39, 0.29) is 5.41 Å². The Kier molecular flexibility index (Phi) is 4.20. The highest BCUT2D eigenvalue weighted by Gasteiger charge is 2.21. The number of benzene rings is 2. The number of nitrogens with zero attached hydrogens (tertiary/aromatic N) is 1. The molecule has 2 aromatic rings. The van der Waals surface area contributed by atoms with Crippen molar-refractivity contribution in [2.45, 2.75) is 45.6 Å². The van der Waals surface area contributed by atoms with Crippen molar-refractivity contribution in [3.05, 3.63) is 69.7 Å². The van der Waals surface area contributed by atoms with Crippen LogP contribution in [0.4, 0.5) is 0 Å². The van der Waals surface area contributed by atoms with Gasteiger partial charge in [-0.05, 0) is 48.1 Å². The van der Waals surface area contributed by atoms with Crippen LogP contribution in [0.25, 0.3) is 0 Å². The Morgan fingerprint density at radius 1 is 1.09 bits per heavy atom. The van der Waals surface area contributed by atoms with Crippen molar-refractivity contribution in [2.75, 3.05) is 0 Å². The Morgan fingerprint density at radius 3 is 2.43 bits per heavy atom. The second kappa shape index (κ2) is 6.01. The van der Waals surface area contributed by atoms with Gasteiger partial charge in [-0.3, -0.25) is 0 Å². The summed E-state index contributed by atoms with van der Waals surface area (Å²) in [6.45, 7) is 8.89. The monoisotopic (exact) mass is 326 g/mol. The molecule has 0 radical (unpaired) electrons. The fourth-order valence-electron chi connectivity index (χ4n) is 2.88.